The van der Waals surface area contributed by atoms with Crippen molar-refractivity contribution >= 4 is 11.6 Å². The zero-order valence-corrected chi connectivity index (χ0v) is 17.4. The first kappa shape index (κ1) is 20.5. The minimum Gasteiger partial charge on any atom is -0.355 e. The monoisotopic (exact) mass is 412 g/mol. The van der Waals surface area contributed by atoms with Crippen molar-refractivity contribution in [2.75, 3.05) is 6.54 Å². The first-order valence-corrected chi connectivity index (χ1v) is 10.4. The van der Waals surface area contributed by atoms with Crippen LogP contribution in [0.25, 0.3) is 22.3 Å². The third-order valence-electron chi connectivity index (χ3n) is 5.70. The fraction of sp³-hybridized carbons (Fsp3) is 0.192. The molecule has 0 saturated heterocycles. The molecule has 0 heterocycles. The maximum absolute atomic E-state index is 13.1. The number of rotatable bonds is 7. The predicted molar refractivity (Wildman–Crippen MR) is 123 cm³/mol. The molecule has 1 amide bonds. The molecule has 1 aliphatic rings. The van der Waals surface area contributed by atoms with Gasteiger partial charge in [-0.25, -0.2) is 0 Å². The number of hydrogen-bond acceptors (Lipinski definition) is 3. The number of nitro groups is 1. The van der Waals surface area contributed by atoms with E-state index in [1.807, 2.05) is 31.2 Å². The van der Waals surface area contributed by atoms with Crippen molar-refractivity contribution in [2.24, 2.45) is 0 Å². The standard InChI is InChI=1S/C26H24N2O3/c1-3-7-18-15-19(17-10-12-20(13-11-17)28(30)31)16-23-21-8-5-6-9-22(21)25(24(18)23)26(29)27-14-4-2/h3,5-6,8-13,15-16,25H,1,4,7,14H2,2H3,(H,27,29). The van der Waals surface area contributed by atoms with E-state index in [2.05, 4.69) is 30.1 Å². The smallest absolute Gasteiger partial charge is 0.269 e. The third-order valence-corrected chi connectivity index (χ3v) is 5.70. The van der Waals surface area contributed by atoms with Crippen LogP contribution < -0.4 is 5.32 Å². The molecule has 1 unspecified atom stereocenters. The normalized spacial score (nSPS) is 13.9. The molecule has 3 aromatic rings. The minimum absolute atomic E-state index is 0.0152. The number of non-ortho nitro benzene ring substituents is 1. The lowest BCUT2D eigenvalue weighted by Crippen LogP contribution is -2.30. The molecule has 0 spiro atoms. The first-order valence-electron chi connectivity index (χ1n) is 10.4. The molecule has 1 N–H and O–H groups in total. The Morgan fingerprint density at radius 1 is 1.10 bits per heavy atom. The highest BCUT2D eigenvalue weighted by Gasteiger charge is 2.35. The first-order chi connectivity index (χ1) is 15.0. The largest absolute Gasteiger partial charge is 0.355 e. The van der Waals surface area contributed by atoms with Gasteiger partial charge in [0, 0.05) is 18.7 Å². The molecule has 0 aliphatic heterocycles. The lowest BCUT2D eigenvalue weighted by Gasteiger charge is -2.18. The highest BCUT2D eigenvalue weighted by atomic mass is 16.6. The zero-order chi connectivity index (χ0) is 22.0. The molecule has 5 heteroatoms. The lowest BCUT2D eigenvalue weighted by molar-refractivity contribution is -0.384. The molecule has 0 radical (unpaired) electrons. The number of benzene rings is 3. The summed E-state index contributed by atoms with van der Waals surface area (Å²) in [5.74, 6) is -0.333. The summed E-state index contributed by atoms with van der Waals surface area (Å²) in [5, 5.41) is 14.1. The van der Waals surface area contributed by atoms with Crippen molar-refractivity contribution in [2.45, 2.75) is 25.7 Å². The summed E-state index contributed by atoms with van der Waals surface area (Å²) >= 11 is 0. The van der Waals surface area contributed by atoms with Gasteiger partial charge in [-0.05, 0) is 70.0 Å². The number of fused-ring (bicyclic) bond motifs is 3. The van der Waals surface area contributed by atoms with Crippen LogP contribution in [0.5, 0.6) is 0 Å². The van der Waals surface area contributed by atoms with E-state index in [0.717, 1.165) is 45.4 Å². The topological polar surface area (TPSA) is 72.2 Å². The fourth-order valence-corrected chi connectivity index (χ4v) is 4.32. The molecule has 1 aliphatic carbocycles. The van der Waals surface area contributed by atoms with Gasteiger partial charge in [-0.15, -0.1) is 6.58 Å². The van der Waals surface area contributed by atoms with Crippen LogP contribution in [0.3, 0.4) is 0 Å². The Balaban J connectivity index is 1.88. The van der Waals surface area contributed by atoms with E-state index in [9.17, 15) is 14.9 Å². The van der Waals surface area contributed by atoms with Crippen LogP contribution in [0, 0.1) is 10.1 Å². The summed E-state index contributed by atoms with van der Waals surface area (Å²) < 4.78 is 0. The Morgan fingerprint density at radius 3 is 2.52 bits per heavy atom. The molecule has 31 heavy (non-hydrogen) atoms. The van der Waals surface area contributed by atoms with E-state index in [1.54, 1.807) is 12.1 Å². The van der Waals surface area contributed by atoms with Crippen molar-refractivity contribution in [3.05, 3.63) is 100 Å². The molecule has 0 fully saturated rings. The van der Waals surface area contributed by atoms with Gasteiger partial charge in [0.15, 0.2) is 0 Å². The van der Waals surface area contributed by atoms with Crippen molar-refractivity contribution in [1.29, 1.82) is 0 Å². The van der Waals surface area contributed by atoms with Gasteiger partial charge in [0.05, 0.1) is 10.8 Å². The molecule has 0 bridgehead atoms. The number of allylic oxidation sites excluding steroid dienone is 1. The van der Waals surface area contributed by atoms with Crippen LogP contribution in [0.1, 0.15) is 36.0 Å². The Morgan fingerprint density at radius 2 is 1.84 bits per heavy atom. The molecule has 1 atom stereocenters. The van der Waals surface area contributed by atoms with Crippen LogP contribution in [0.15, 0.2) is 73.3 Å². The molecule has 156 valence electrons. The van der Waals surface area contributed by atoms with Crippen LogP contribution in [-0.4, -0.2) is 17.4 Å². The molecule has 0 aromatic heterocycles. The van der Waals surface area contributed by atoms with Gasteiger partial charge in [0.25, 0.3) is 5.69 Å². The Hall–Kier alpha value is -3.73. The summed E-state index contributed by atoms with van der Waals surface area (Å²) in [6.45, 7) is 6.59. The summed E-state index contributed by atoms with van der Waals surface area (Å²) in [7, 11) is 0. The number of hydrogen-bond donors (Lipinski definition) is 1. The predicted octanol–water partition coefficient (Wildman–Crippen LogP) is 5.63. The van der Waals surface area contributed by atoms with E-state index in [0.29, 0.717) is 13.0 Å². The van der Waals surface area contributed by atoms with Gasteiger partial charge in [-0.1, -0.05) is 43.3 Å². The number of nitrogens with one attached hydrogen (secondary N) is 1. The second-order valence-corrected chi connectivity index (χ2v) is 7.70. The molecule has 4 rings (SSSR count). The summed E-state index contributed by atoms with van der Waals surface area (Å²) in [6, 6.07) is 18.8. The van der Waals surface area contributed by atoms with E-state index in [-0.39, 0.29) is 17.5 Å². The average Bonchev–Trinajstić information content (AvgIpc) is 3.12. The highest BCUT2D eigenvalue weighted by molar-refractivity contribution is 5.98. The van der Waals surface area contributed by atoms with E-state index >= 15 is 0 Å². The average molecular weight is 412 g/mol. The van der Waals surface area contributed by atoms with Gasteiger partial charge < -0.3 is 5.32 Å². The number of nitro benzene ring substituents is 1. The van der Waals surface area contributed by atoms with E-state index in [1.165, 1.54) is 12.1 Å². The van der Waals surface area contributed by atoms with Crippen molar-refractivity contribution in [3.63, 3.8) is 0 Å². The lowest BCUT2D eigenvalue weighted by atomic mass is 9.88. The minimum atomic E-state index is -0.397. The Kier molecular flexibility index (Phi) is 5.67. The second kappa shape index (κ2) is 8.56. The van der Waals surface area contributed by atoms with E-state index < -0.39 is 4.92 Å². The zero-order valence-electron chi connectivity index (χ0n) is 17.4. The van der Waals surface area contributed by atoms with Gasteiger partial charge in [0.1, 0.15) is 0 Å². The third kappa shape index (κ3) is 3.75. The number of nitrogens with zero attached hydrogens (tertiary/aromatic N) is 1. The van der Waals surface area contributed by atoms with E-state index in [4.69, 9.17) is 0 Å². The maximum Gasteiger partial charge on any atom is 0.269 e. The van der Waals surface area contributed by atoms with Crippen LogP contribution in [0.2, 0.25) is 0 Å². The number of carbonyl (C=O) groups excluding carboxylic acids is 1. The van der Waals surface area contributed by atoms with Gasteiger partial charge in [-0.3, -0.25) is 14.9 Å². The van der Waals surface area contributed by atoms with Gasteiger partial charge >= 0.3 is 0 Å². The number of carbonyl (C=O) groups is 1. The van der Waals surface area contributed by atoms with Crippen molar-refractivity contribution in [3.8, 4) is 22.3 Å². The highest BCUT2D eigenvalue weighted by Crippen LogP contribution is 2.48. The quantitative estimate of drug-likeness (QED) is 0.311. The SMILES string of the molecule is C=CCc1cc(-c2ccc([N+](=O)[O-])cc2)cc2c1C(C(=O)NCCC)c1ccccc1-2. The summed E-state index contributed by atoms with van der Waals surface area (Å²) in [4.78, 5) is 23.8. The van der Waals surface area contributed by atoms with Gasteiger partial charge in [0.2, 0.25) is 5.91 Å². The molecule has 3 aromatic carbocycles. The molecular weight excluding hydrogens is 388 g/mol. The molecular formula is C26H24N2O3. The second-order valence-electron chi connectivity index (χ2n) is 7.70. The summed E-state index contributed by atoms with van der Waals surface area (Å²) in [5.41, 5.74) is 7.12. The Bertz CT molecular complexity index is 1170. The van der Waals surface area contributed by atoms with Crippen molar-refractivity contribution < 1.29 is 9.72 Å². The maximum atomic E-state index is 13.1. The van der Waals surface area contributed by atoms with Crippen LogP contribution in [0.4, 0.5) is 5.69 Å². The molecule has 5 nitrogen and oxygen atoms in total. The number of amides is 1. The van der Waals surface area contributed by atoms with Crippen LogP contribution in [-0.2, 0) is 11.2 Å². The summed E-state index contributed by atoms with van der Waals surface area (Å²) in [6.07, 6.45) is 3.36. The molecule has 0 saturated carbocycles. The Labute approximate surface area is 181 Å². The van der Waals surface area contributed by atoms with Gasteiger partial charge in [-0.2, -0.15) is 0 Å². The van der Waals surface area contributed by atoms with Crippen molar-refractivity contribution in [1.82, 2.24) is 5.32 Å². The van der Waals surface area contributed by atoms with Crippen LogP contribution >= 0.6 is 0 Å². The fourth-order valence-electron chi connectivity index (χ4n) is 4.32.